The Kier molecular flexibility index (Phi) is 7.47. The van der Waals surface area contributed by atoms with Crippen LogP contribution in [0.15, 0.2) is 23.8 Å². The first-order valence-electron chi connectivity index (χ1n) is 7.40. The monoisotopic (exact) mass is 249 g/mol. The Morgan fingerprint density at radius 3 is 2.39 bits per heavy atom. The molecule has 0 aromatic rings. The van der Waals surface area contributed by atoms with Crippen LogP contribution in [-0.4, -0.2) is 23.9 Å². The molecule has 0 aromatic carbocycles. The maximum Gasteiger partial charge on any atom is 0.226 e. The first-order chi connectivity index (χ1) is 8.77. The Balaban J connectivity index is 0.000000357. The van der Waals surface area contributed by atoms with Crippen LogP contribution in [0.4, 0.5) is 0 Å². The molecule has 0 saturated carbocycles. The molecule has 0 aromatic heterocycles. The highest BCUT2D eigenvalue weighted by atomic mass is 16.2. The summed E-state index contributed by atoms with van der Waals surface area (Å²) in [5.41, 5.74) is 1.30. The zero-order chi connectivity index (χ0) is 13.2. The molecule has 18 heavy (non-hydrogen) atoms. The number of nitrogens with zero attached hydrogens (tertiary/aromatic N) is 1. The Hall–Kier alpha value is -1.05. The van der Waals surface area contributed by atoms with Crippen LogP contribution in [0.1, 0.15) is 58.8 Å². The number of allylic oxidation sites excluding steroid dienone is 3. The lowest BCUT2D eigenvalue weighted by molar-refractivity contribution is -0.129. The summed E-state index contributed by atoms with van der Waals surface area (Å²) in [4.78, 5) is 13.8. The van der Waals surface area contributed by atoms with Crippen LogP contribution >= 0.6 is 0 Å². The SMILES string of the molecule is CCCC.O=C(CC1=CC=CCC1)N1CCCC1. The van der Waals surface area contributed by atoms with Gasteiger partial charge in [0.25, 0.3) is 0 Å². The third-order valence-corrected chi connectivity index (χ3v) is 3.44. The molecule has 1 amide bonds. The summed E-state index contributed by atoms with van der Waals surface area (Å²) in [7, 11) is 0. The fourth-order valence-electron chi connectivity index (χ4n) is 2.07. The summed E-state index contributed by atoms with van der Waals surface area (Å²) in [6.45, 7) is 6.31. The molecule has 0 radical (unpaired) electrons. The van der Waals surface area contributed by atoms with Gasteiger partial charge in [-0.15, -0.1) is 0 Å². The van der Waals surface area contributed by atoms with E-state index in [0.717, 1.165) is 25.9 Å². The van der Waals surface area contributed by atoms with Crippen LogP contribution < -0.4 is 0 Å². The van der Waals surface area contributed by atoms with Crippen molar-refractivity contribution >= 4 is 5.91 Å². The molecule has 2 heteroatoms. The van der Waals surface area contributed by atoms with Crippen LogP contribution in [0.5, 0.6) is 0 Å². The number of likely N-dealkylation sites (tertiary alicyclic amines) is 1. The molecule has 1 saturated heterocycles. The van der Waals surface area contributed by atoms with Crippen LogP contribution in [0, 0.1) is 0 Å². The van der Waals surface area contributed by atoms with Gasteiger partial charge in [0.15, 0.2) is 0 Å². The minimum absolute atomic E-state index is 0.323. The van der Waals surface area contributed by atoms with E-state index in [0.29, 0.717) is 12.3 Å². The highest BCUT2D eigenvalue weighted by Crippen LogP contribution is 2.18. The van der Waals surface area contributed by atoms with Crippen LogP contribution in [-0.2, 0) is 4.79 Å². The highest BCUT2D eigenvalue weighted by molar-refractivity contribution is 5.79. The number of carbonyl (C=O) groups is 1. The molecule has 1 fully saturated rings. The molecule has 0 unspecified atom stereocenters. The molecule has 1 aliphatic carbocycles. The molecule has 0 atom stereocenters. The normalized spacial score (nSPS) is 18.1. The molecule has 2 nitrogen and oxygen atoms in total. The largest absolute Gasteiger partial charge is 0.342 e. The van der Waals surface area contributed by atoms with Gasteiger partial charge in [-0.1, -0.05) is 50.5 Å². The van der Waals surface area contributed by atoms with Gasteiger partial charge in [0.05, 0.1) is 0 Å². The lowest BCUT2D eigenvalue weighted by Crippen LogP contribution is -2.27. The maximum atomic E-state index is 11.8. The third kappa shape index (κ3) is 5.52. The summed E-state index contributed by atoms with van der Waals surface area (Å²) >= 11 is 0. The summed E-state index contributed by atoms with van der Waals surface area (Å²) in [6, 6.07) is 0. The molecular formula is C16H27NO. The van der Waals surface area contributed by atoms with Crippen molar-refractivity contribution in [3.63, 3.8) is 0 Å². The molecule has 102 valence electrons. The zero-order valence-corrected chi connectivity index (χ0v) is 12.0. The van der Waals surface area contributed by atoms with Gasteiger partial charge >= 0.3 is 0 Å². The van der Waals surface area contributed by atoms with Crippen molar-refractivity contribution in [3.05, 3.63) is 23.8 Å². The van der Waals surface area contributed by atoms with E-state index in [9.17, 15) is 4.79 Å². The molecule has 0 N–H and O–H groups in total. The molecule has 0 spiro atoms. The van der Waals surface area contributed by atoms with Gasteiger partial charge in [0, 0.05) is 19.5 Å². The number of amides is 1. The lowest BCUT2D eigenvalue weighted by atomic mass is 10.0. The molecule has 1 heterocycles. The van der Waals surface area contributed by atoms with Crippen LogP contribution in [0.25, 0.3) is 0 Å². The minimum atomic E-state index is 0.323. The van der Waals surface area contributed by atoms with Crippen molar-refractivity contribution in [1.82, 2.24) is 4.90 Å². The average Bonchev–Trinajstić information content (AvgIpc) is 2.94. The van der Waals surface area contributed by atoms with E-state index in [1.54, 1.807) is 0 Å². The topological polar surface area (TPSA) is 20.3 Å². The van der Waals surface area contributed by atoms with Crippen LogP contribution in [0.2, 0.25) is 0 Å². The lowest BCUT2D eigenvalue weighted by Gasteiger charge is -2.16. The minimum Gasteiger partial charge on any atom is -0.342 e. The third-order valence-electron chi connectivity index (χ3n) is 3.44. The first-order valence-corrected chi connectivity index (χ1v) is 7.40. The van der Waals surface area contributed by atoms with Crippen molar-refractivity contribution in [3.8, 4) is 0 Å². The predicted molar refractivity (Wildman–Crippen MR) is 77.5 cm³/mol. The summed E-state index contributed by atoms with van der Waals surface area (Å²) in [5, 5.41) is 0. The number of unbranched alkanes of at least 4 members (excludes halogenated alkanes) is 1. The Bertz CT molecular complexity index is 296. The predicted octanol–water partition coefficient (Wildman–Crippen LogP) is 4.08. The van der Waals surface area contributed by atoms with Gasteiger partial charge < -0.3 is 4.90 Å². The highest BCUT2D eigenvalue weighted by Gasteiger charge is 2.18. The van der Waals surface area contributed by atoms with Crippen LogP contribution in [0.3, 0.4) is 0 Å². The summed E-state index contributed by atoms with van der Waals surface area (Å²) in [6.07, 6.45) is 14.1. The fourth-order valence-corrected chi connectivity index (χ4v) is 2.07. The van der Waals surface area contributed by atoms with Gasteiger partial charge in [0.1, 0.15) is 0 Å². The number of hydrogen-bond donors (Lipinski definition) is 0. The van der Waals surface area contributed by atoms with Crippen molar-refractivity contribution < 1.29 is 4.79 Å². The Morgan fingerprint density at radius 1 is 1.22 bits per heavy atom. The van der Waals surface area contributed by atoms with Gasteiger partial charge in [-0.2, -0.15) is 0 Å². The maximum absolute atomic E-state index is 11.8. The van der Waals surface area contributed by atoms with Crippen molar-refractivity contribution in [1.29, 1.82) is 0 Å². The molecule has 2 rings (SSSR count). The van der Waals surface area contributed by atoms with E-state index in [1.165, 1.54) is 31.3 Å². The first kappa shape index (κ1) is 15.0. The Labute approximate surface area is 112 Å². The fraction of sp³-hybridized carbons (Fsp3) is 0.688. The van der Waals surface area contributed by atoms with E-state index in [1.807, 2.05) is 4.90 Å². The van der Waals surface area contributed by atoms with E-state index < -0.39 is 0 Å². The smallest absolute Gasteiger partial charge is 0.226 e. The Morgan fingerprint density at radius 2 is 1.89 bits per heavy atom. The second-order valence-electron chi connectivity index (χ2n) is 5.06. The number of carbonyl (C=O) groups excluding carboxylic acids is 1. The number of rotatable bonds is 3. The zero-order valence-electron chi connectivity index (χ0n) is 12.0. The molecule has 0 bridgehead atoms. The van der Waals surface area contributed by atoms with E-state index in [4.69, 9.17) is 0 Å². The van der Waals surface area contributed by atoms with E-state index >= 15 is 0 Å². The van der Waals surface area contributed by atoms with Crippen molar-refractivity contribution in [2.75, 3.05) is 13.1 Å². The molecular weight excluding hydrogens is 222 g/mol. The van der Waals surface area contributed by atoms with Gasteiger partial charge in [0.2, 0.25) is 5.91 Å². The molecule has 2 aliphatic rings. The van der Waals surface area contributed by atoms with Gasteiger partial charge in [-0.25, -0.2) is 0 Å². The second-order valence-corrected chi connectivity index (χ2v) is 5.06. The summed E-state index contributed by atoms with van der Waals surface area (Å²) < 4.78 is 0. The van der Waals surface area contributed by atoms with Crippen molar-refractivity contribution in [2.24, 2.45) is 0 Å². The van der Waals surface area contributed by atoms with E-state index in [-0.39, 0.29) is 0 Å². The van der Waals surface area contributed by atoms with Gasteiger partial charge in [-0.05, 0) is 25.7 Å². The van der Waals surface area contributed by atoms with Crippen molar-refractivity contribution in [2.45, 2.75) is 58.8 Å². The molecule has 1 aliphatic heterocycles. The average molecular weight is 249 g/mol. The standard InChI is InChI=1S/C12H17NO.C4H10/c14-12(13-8-4-5-9-13)10-11-6-2-1-3-7-11;1-3-4-2/h1-2,6H,3-5,7-10H2;3-4H2,1-2H3. The van der Waals surface area contributed by atoms with Gasteiger partial charge in [-0.3, -0.25) is 4.79 Å². The quantitative estimate of drug-likeness (QED) is 0.738. The number of hydrogen-bond acceptors (Lipinski definition) is 1. The second kappa shape index (κ2) is 8.96. The summed E-state index contributed by atoms with van der Waals surface area (Å²) in [5.74, 6) is 0.323. The van der Waals surface area contributed by atoms with E-state index in [2.05, 4.69) is 32.1 Å².